The topological polar surface area (TPSA) is 101 Å². The molecule has 0 atom stereocenters. The third-order valence-corrected chi connectivity index (χ3v) is 5.14. The molecule has 9 heteroatoms. The van der Waals surface area contributed by atoms with Crippen molar-refractivity contribution in [2.45, 2.75) is 37.8 Å². The molecule has 2 rings (SSSR count). The molecule has 4 N–H and O–H groups in total. The number of hydrogen-bond donors (Lipinski definition) is 3. The summed E-state index contributed by atoms with van der Waals surface area (Å²) >= 11 is 0. The van der Waals surface area contributed by atoms with Crippen LogP contribution in [0.1, 0.15) is 36.7 Å². The minimum atomic E-state index is -4.07. The highest BCUT2D eigenvalue weighted by molar-refractivity contribution is 7.89. The molecule has 0 heterocycles. The van der Waals surface area contributed by atoms with Crippen LogP contribution >= 0.6 is 12.4 Å². The predicted octanol–water partition coefficient (Wildman–Crippen LogP) is 3.04. The highest BCUT2D eigenvalue weighted by Gasteiger charge is 2.25. The first kappa shape index (κ1) is 23.0. The quantitative estimate of drug-likeness (QED) is 0.698. The molecule has 2 aromatic carbocycles. The van der Waals surface area contributed by atoms with Crippen LogP contribution in [0.15, 0.2) is 47.4 Å². The van der Waals surface area contributed by atoms with Crippen molar-refractivity contribution >= 4 is 34.0 Å². The van der Waals surface area contributed by atoms with Gasteiger partial charge < -0.3 is 11.1 Å². The van der Waals surface area contributed by atoms with Crippen molar-refractivity contribution in [3.63, 3.8) is 0 Å². The molecule has 0 aliphatic carbocycles. The highest BCUT2D eigenvalue weighted by Crippen LogP contribution is 2.21. The Labute approximate surface area is 164 Å². The molecule has 148 valence electrons. The molecule has 0 unspecified atom stereocenters. The average Bonchev–Trinajstić information content (AvgIpc) is 2.54. The number of hydrogen-bond acceptors (Lipinski definition) is 4. The van der Waals surface area contributed by atoms with E-state index in [1.54, 1.807) is 45.0 Å². The largest absolute Gasteiger partial charge is 0.326 e. The van der Waals surface area contributed by atoms with Crippen LogP contribution in [0.2, 0.25) is 0 Å². The van der Waals surface area contributed by atoms with Gasteiger partial charge in [0.2, 0.25) is 10.0 Å². The van der Waals surface area contributed by atoms with E-state index in [4.69, 9.17) is 5.73 Å². The average molecular weight is 416 g/mol. The molecular weight excluding hydrogens is 393 g/mol. The van der Waals surface area contributed by atoms with E-state index in [2.05, 4.69) is 10.0 Å². The van der Waals surface area contributed by atoms with Crippen LogP contribution in [0.25, 0.3) is 0 Å². The van der Waals surface area contributed by atoms with Gasteiger partial charge in [-0.1, -0.05) is 12.1 Å². The van der Waals surface area contributed by atoms with Gasteiger partial charge in [0.25, 0.3) is 5.91 Å². The minimum absolute atomic E-state index is 0. The molecule has 0 radical (unpaired) electrons. The van der Waals surface area contributed by atoms with Gasteiger partial charge in [0, 0.05) is 23.3 Å². The zero-order valence-electron chi connectivity index (χ0n) is 15.2. The maximum atomic E-state index is 14.0. The first-order chi connectivity index (χ1) is 12.0. The Morgan fingerprint density at radius 2 is 1.70 bits per heavy atom. The van der Waals surface area contributed by atoms with Gasteiger partial charge in [-0.05, 0) is 56.7 Å². The summed E-state index contributed by atoms with van der Waals surface area (Å²) in [7, 11) is -4.07. The summed E-state index contributed by atoms with van der Waals surface area (Å²) < 4.78 is 41.2. The zero-order chi connectivity index (χ0) is 19.5. The number of nitrogens with one attached hydrogen (secondary N) is 2. The summed E-state index contributed by atoms with van der Waals surface area (Å²) in [6, 6.07) is 10.1. The molecule has 0 bridgehead atoms. The van der Waals surface area contributed by atoms with Gasteiger partial charge in [0.1, 0.15) is 10.7 Å². The van der Waals surface area contributed by atoms with Crippen LogP contribution in [0.5, 0.6) is 0 Å². The molecule has 0 aliphatic rings. The number of carbonyl (C=O) groups excluding carboxylic acids is 1. The van der Waals surface area contributed by atoms with E-state index in [0.717, 1.165) is 17.7 Å². The second-order valence-corrected chi connectivity index (χ2v) is 8.51. The maximum absolute atomic E-state index is 14.0. The highest BCUT2D eigenvalue weighted by atomic mass is 35.5. The van der Waals surface area contributed by atoms with Crippen LogP contribution < -0.4 is 15.8 Å². The van der Waals surface area contributed by atoms with Crippen molar-refractivity contribution in [3.05, 3.63) is 59.4 Å². The van der Waals surface area contributed by atoms with Gasteiger partial charge >= 0.3 is 0 Å². The fraction of sp³-hybridized carbons (Fsp3) is 0.278. The molecular formula is C18H23ClFN3O3S. The zero-order valence-corrected chi connectivity index (χ0v) is 16.9. The normalized spacial score (nSPS) is 11.6. The van der Waals surface area contributed by atoms with E-state index in [9.17, 15) is 17.6 Å². The van der Waals surface area contributed by atoms with Crippen LogP contribution in [0.3, 0.4) is 0 Å². The molecule has 2 aromatic rings. The van der Waals surface area contributed by atoms with Crippen LogP contribution in [-0.2, 0) is 16.6 Å². The van der Waals surface area contributed by atoms with Crippen LogP contribution in [0.4, 0.5) is 10.1 Å². The second-order valence-electron chi connectivity index (χ2n) is 6.86. The van der Waals surface area contributed by atoms with Gasteiger partial charge in [-0.2, -0.15) is 0 Å². The van der Waals surface area contributed by atoms with Gasteiger partial charge in [-0.15, -0.1) is 12.4 Å². The number of halogens is 2. The number of amides is 1. The fourth-order valence-corrected chi connectivity index (χ4v) is 3.76. The smallest absolute Gasteiger partial charge is 0.255 e. The molecule has 0 saturated carbocycles. The van der Waals surface area contributed by atoms with Crippen molar-refractivity contribution in [3.8, 4) is 0 Å². The summed E-state index contributed by atoms with van der Waals surface area (Å²) in [5.74, 6) is -1.33. The van der Waals surface area contributed by atoms with Crippen LogP contribution in [0, 0.1) is 5.82 Å². The lowest BCUT2D eigenvalue weighted by molar-refractivity contribution is 0.102. The van der Waals surface area contributed by atoms with Gasteiger partial charge in [-0.25, -0.2) is 17.5 Å². The third-order valence-electron chi connectivity index (χ3n) is 3.37. The molecule has 0 spiro atoms. The molecule has 27 heavy (non-hydrogen) atoms. The molecule has 0 fully saturated rings. The van der Waals surface area contributed by atoms with E-state index in [1.165, 1.54) is 6.07 Å². The Kier molecular flexibility index (Phi) is 7.50. The Hall–Kier alpha value is -2.00. The molecule has 0 aromatic heterocycles. The Balaban J connectivity index is 0.00000364. The number of benzene rings is 2. The summed E-state index contributed by atoms with van der Waals surface area (Å²) in [5, 5.41) is 2.57. The third kappa shape index (κ3) is 6.28. The Morgan fingerprint density at radius 3 is 2.22 bits per heavy atom. The fourth-order valence-electron chi connectivity index (χ4n) is 2.24. The van der Waals surface area contributed by atoms with Crippen LogP contribution in [-0.4, -0.2) is 19.9 Å². The number of sulfonamides is 1. The van der Waals surface area contributed by atoms with Gasteiger partial charge in [0.05, 0.1) is 0 Å². The second kappa shape index (κ2) is 8.79. The number of carbonyl (C=O) groups is 1. The molecule has 1 amide bonds. The lowest BCUT2D eigenvalue weighted by Gasteiger charge is -2.20. The summed E-state index contributed by atoms with van der Waals surface area (Å²) in [5.41, 5.74) is 6.18. The lowest BCUT2D eigenvalue weighted by atomic mass is 10.1. The van der Waals surface area contributed by atoms with E-state index < -0.39 is 32.2 Å². The van der Waals surface area contributed by atoms with E-state index in [0.29, 0.717) is 12.1 Å². The SMILES string of the molecule is CC(C)(C)NS(=O)(=O)c1cc(NC(=O)c2ccc(CN)cc2)ccc1F.Cl. The first-order valence-corrected chi connectivity index (χ1v) is 9.44. The maximum Gasteiger partial charge on any atom is 0.255 e. The molecule has 6 nitrogen and oxygen atoms in total. The van der Waals surface area contributed by atoms with E-state index in [1.807, 2.05) is 0 Å². The summed E-state index contributed by atoms with van der Waals surface area (Å²) in [6.45, 7) is 5.32. The van der Waals surface area contributed by atoms with Gasteiger partial charge in [0.15, 0.2) is 0 Å². The van der Waals surface area contributed by atoms with E-state index in [-0.39, 0.29) is 18.1 Å². The van der Waals surface area contributed by atoms with E-state index >= 15 is 0 Å². The van der Waals surface area contributed by atoms with Crippen molar-refractivity contribution in [1.82, 2.24) is 4.72 Å². The van der Waals surface area contributed by atoms with Crippen molar-refractivity contribution in [2.24, 2.45) is 5.73 Å². The van der Waals surface area contributed by atoms with Crippen molar-refractivity contribution in [2.75, 3.05) is 5.32 Å². The number of anilines is 1. The molecule has 0 aliphatic heterocycles. The minimum Gasteiger partial charge on any atom is -0.326 e. The Bertz CT molecular complexity index is 910. The van der Waals surface area contributed by atoms with Gasteiger partial charge in [-0.3, -0.25) is 4.79 Å². The Morgan fingerprint density at radius 1 is 1.11 bits per heavy atom. The number of rotatable bonds is 5. The monoisotopic (exact) mass is 415 g/mol. The van der Waals surface area contributed by atoms with Crippen molar-refractivity contribution < 1.29 is 17.6 Å². The summed E-state index contributed by atoms with van der Waals surface area (Å²) in [4.78, 5) is 11.8. The first-order valence-electron chi connectivity index (χ1n) is 7.96. The summed E-state index contributed by atoms with van der Waals surface area (Å²) in [6.07, 6.45) is 0. The molecule has 0 saturated heterocycles. The number of nitrogens with two attached hydrogens (primary N) is 1. The predicted molar refractivity (Wildman–Crippen MR) is 106 cm³/mol. The standard InChI is InChI=1S/C18H22FN3O3S.ClH/c1-18(2,3)22-26(24,25)16-10-14(8-9-15(16)19)21-17(23)13-6-4-12(11-20)5-7-13;/h4-10,22H,11,20H2,1-3H3,(H,21,23);1H. The lowest BCUT2D eigenvalue weighted by Crippen LogP contribution is -2.40. The van der Waals surface area contributed by atoms with Crippen molar-refractivity contribution in [1.29, 1.82) is 0 Å².